The Balaban J connectivity index is 0.00000162. The van der Waals surface area contributed by atoms with Crippen LogP contribution in [0.4, 0.5) is 8.78 Å². The third-order valence-corrected chi connectivity index (χ3v) is 3.21. The van der Waals surface area contributed by atoms with Crippen molar-refractivity contribution in [2.75, 3.05) is 32.9 Å². The van der Waals surface area contributed by atoms with Crippen LogP contribution in [-0.2, 0) is 0 Å². The average Bonchev–Trinajstić information content (AvgIpc) is 2.37. The summed E-state index contributed by atoms with van der Waals surface area (Å²) in [4.78, 5) is 2.23. The van der Waals surface area contributed by atoms with Crippen LogP contribution in [0, 0.1) is 5.82 Å². The van der Waals surface area contributed by atoms with Gasteiger partial charge in [-0.1, -0.05) is 12.1 Å². The van der Waals surface area contributed by atoms with Crippen LogP contribution in [0.15, 0.2) is 24.3 Å². The van der Waals surface area contributed by atoms with Gasteiger partial charge in [-0.05, 0) is 24.1 Å². The van der Waals surface area contributed by atoms with E-state index >= 15 is 0 Å². The smallest absolute Gasteiger partial charge is 0.123 e. The minimum absolute atomic E-state index is 0. The lowest BCUT2D eigenvalue weighted by molar-refractivity contribution is 0.157. The molecule has 2 rings (SSSR count). The lowest BCUT2D eigenvalue weighted by Gasteiger charge is -2.34. The van der Waals surface area contributed by atoms with Gasteiger partial charge in [-0.15, -0.1) is 12.4 Å². The molecule has 1 aliphatic rings. The van der Waals surface area contributed by atoms with Gasteiger partial charge in [0, 0.05) is 32.2 Å². The molecule has 0 spiro atoms. The van der Waals surface area contributed by atoms with Gasteiger partial charge in [0.15, 0.2) is 0 Å². The average molecular weight is 277 g/mol. The first-order valence-corrected chi connectivity index (χ1v) is 6.07. The summed E-state index contributed by atoms with van der Waals surface area (Å²) in [5.74, 6) is -0.249. The van der Waals surface area contributed by atoms with E-state index < -0.39 is 0 Å². The van der Waals surface area contributed by atoms with Crippen LogP contribution >= 0.6 is 12.4 Å². The zero-order valence-corrected chi connectivity index (χ0v) is 11.1. The van der Waals surface area contributed by atoms with Crippen LogP contribution < -0.4 is 5.32 Å². The summed E-state index contributed by atoms with van der Waals surface area (Å²) in [7, 11) is 0. The number of nitrogens with zero attached hydrogens (tertiary/aromatic N) is 1. The molecule has 102 valence electrons. The summed E-state index contributed by atoms with van der Waals surface area (Å²) in [6.45, 7) is 3.24. The highest BCUT2D eigenvalue weighted by Crippen LogP contribution is 2.25. The molecule has 18 heavy (non-hydrogen) atoms. The highest BCUT2D eigenvalue weighted by molar-refractivity contribution is 5.85. The first-order valence-electron chi connectivity index (χ1n) is 6.07. The Morgan fingerprint density at radius 2 is 2.00 bits per heavy atom. The minimum Gasteiger partial charge on any atom is -0.314 e. The Bertz CT molecular complexity index is 357. The molecule has 0 unspecified atom stereocenters. The van der Waals surface area contributed by atoms with Gasteiger partial charge in [-0.2, -0.15) is 0 Å². The van der Waals surface area contributed by atoms with E-state index in [0.717, 1.165) is 31.7 Å². The van der Waals surface area contributed by atoms with Crippen molar-refractivity contribution in [3.8, 4) is 0 Å². The summed E-state index contributed by atoms with van der Waals surface area (Å²) >= 11 is 0. The SMILES string of the molecule is Cl.FCC[C@@H](c1cccc(F)c1)N1CCNCC1. The van der Waals surface area contributed by atoms with E-state index in [-0.39, 0.29) is 30.9 Å². The maximum Gasteiger partial charge on any atom is 0.123 e. The molecular formula is C13H19ClF2N2. The summed E-state index contributed by atoms with van der Waals surface area (Å²) in [6.07, 6.45) is 0.434. The number of alkyl halides is 1. The van der Waals surface area contributed by atoms with E-state index in [0.29, 0.717) is 6.42 Å². The molecule has 0 bridgehead atoms. The van der Waals surface area contributed by atoms with Gasteiger partial charge in [0.2, 0.25) is 0 Å². The predicted octanol–water partition coefficient (Wildman–Crippen LogP) is 2.55. The van der Waals surface area contributed by atoms with Crippen molar-refractivity contribution in [1.82, 2.24) is 10.2 Å². The summed E-state index contributed by atoms with van der Waals surface area (Å²) in [5.41, 5.74) is 0.879. The van der Waals surface area contributed by atoms with Crippen LogP contribution in [0.5, 0.6) is 0 Å². The first kappa shape index (κ1) is 15.3. The highest BCUT2D eigenvalue weighted by atomic mass is 35.5. The maximum atomic E-state index is 13.2. The fraction of sp³-hybridized carbons (Fsp3) is 0.538. The number of piperazine rings is 1. The molecule has 0 aromatic heterocycles. The van der Waals surface area contributed by atoms with Crippen molar-refractivity contribution >= 4 is 12.4 Å². The zero-order chi connectivity index (χ0) is 12.1. The molecule has 0 radical (unpaired) electrons. The van der Waals surface area contributed by atoms with Crippen molar-refractivity contribution in [3.05, 3.63) is 35.6 Å². The summed E-state index contributed by atoms with van der Waals surface area (Å²) in [5, 5.41) is 3.27. The van der Waals surface area contributed by atoms with Gasteiger partial charge >= 0.3 is 0 Å². The van der Waals surface area contributed by atoms with Gasteiger partial charge in [-0.25, -0.2) is 4.39 Å². The largest absolute Gasteiger partial charge is 0.314 e. The number of benzene rings is 1. The molecule has 1 aliphatic heterocycles. The van der Waals surface area contributed by atoms with Gasteiger partial charge < -0.3 is 5.32 Å². The van der Waals surface area contributed by atoms with E-state index in [1.807, 2.05) is 6.07 Å². The standard InChI is InChI=1S/C13H18F2N2.ClH/c14-5-4-13(17-8-6-16-7-9-17)11-2-1-3-12(15)10-11;/h1-3,10,13,16H,4-9H2;1H/t13-;/m0./s1. The van der Waals surface area contributed by atoms with Gasteiger partial charge in [0.1, 0.15) is 5.82 Å². The predicted molar refractivity (Wildman–Crippen MR) is 71.4 cm³/mol. The van der Waals surface area contributed by atoms with Gasteiger partial charge in [-0.3, -0.25) is 9.29 Å². The third kappa shape index (κ3) is 3.90. The van der Waals surface area contributed by atoms with Gasteiger partial charge in [0.05, 0.1) is 6.67 Å². The lowest BCUT2D eigenvalue weighted by Crippen LogP contribution is -2.45. The van der Waals surface area contributed by atoms with Crippen LogP contribution in [0.1, 0.15) is 18.0 Å². The number of hydrogen-bond donors (Lipinski definition) is 1. The Hall–Kier alpha value is -0.710. The highest BCUT2D eigenvalue weighted by Gasteiger charge is 2.21. The molecule has 2 nitrogen and oxygen atoms in total. The Kier molecular flexibility index (Phi) is 6.54. The molecule has 1 aromatic rings. The molecule has 1 heterocycles. The third-order valence-electron chi connectivity index (χ3n) is 3.21. The second-order valence-corrected chi connectivity index (χ2v) is 4.33. The molecule has 1 N–H and O–H groups in total. The first-order chi connectivity index (χ1) is 8.31. The normalized spacial score (nSPS) is 18.1. The molecule has 1 aromatic carbocycles. The van der Waals surface area contributed by atoms with Crippen LogP contribution in [0.25, 0.3) is 0 Å². The second kappa shape index (κ2) is 7.67. The number of hydrogen-bond acceptors (Lipinski definition) is 2. The zero-order valence-electron chi connectivity index (χ0n) is 10.2. The Morgan fingerprint density at radius 3 is 2.61 bits per heavy atom. The molecule has 1 atom stereocenters. The quantitative estimate of drug-likeness (QED) is 0.909. The summed E-state index contributed by atoms with van der Waals surface area (Å²) in [6, 6.07) is 6.51. The van der Waals surface area contributed by atoms with E-state index in [2.05, 4.69) is 10.2 Å². The van der Waals surface area contributed by atoms with Gasteiger partial charge in [0.25, 0.3) is 0 Å². The molecule has 5 heteroatoms. The minimum atomic E-state index is -0.370. The summed E-state index contributed by atoms with van der Waals surface area (Å²) < 4.78 is 25.9. The van der Waals surface area contributed by atoms with E-state index in [1.165, 1.54) is 12.1 Å². The molecule has 1 fully saturated rings. The lowest BCUT2D eigenvalue weighted by atomic mass is 10.0. The maximum absolute atomic E-state index is 13.2. The fourth-order valence-electron chi connectivity index (χ4n) is 2.37. The van der Waals surface area contributed by atoms with Crippen molar-refractivity contribution in [1.29, 1.82) is 0 Å². The van der Waals surface area contributed by atoms with Crippen LogP contribution in [0.3, 0.4) is 0 Å². The fourth-order valence-corrected chi connectivity index (χ4v) is 2.37. The molecular weight excluding hydrogens is 258 g/mol. The number of halogens is 3. The van der Waals surface area contributed by atoms with Crippen molar-refractivity contribution < 1.29 is 8.78 Å². The Morgan fingerprint density at radius 1 is 1.28 bits per heavy atom. The molecule has 1 saturated heterocycles. The number of nitrogens with one attached hydrogen (secondary N) is 1. The van der Waals surface area contributed by atoms with E-state index in [9.17, 15) is 8.78 Å². The van der Waals surface area contributed by atoms with E-state index in [4.69, 9.17) is 0 Å². The van der Waals surface area contributed by atoms with Crippen molar-refractivity contribution in [3.63, 3.8) is 0 Å². The van der Waals surface area contributed by atoms with Crippen LogP contribution in [-0.4, -0.2) is 37.8 Å². The molecule has 0 aliphatic carbocycles. The topological polar surface area (TPSA) is 15.3 Å². The Labute approximate surface area is 113 Å². The van der Waals surface area contributed by atoms with Crippen molar-refractivity contribution in [2.45, 2.75) is 12.5 Å². The van der Waals surface area contributed by atoms with Crippen LogP contribution in [0.2, 0.25) is 0 Å². The van der Waals surface area contributed by atoms with E-state index in [1.54, 1.807) is 6.07 Å². The van der Waals surface area contributed by atoms with Crippen molar-refractivity contribution in [2.24, 2.45) is 0 Å². The molecule has 0 saturated carbocycles. The number of rotatable bonds is 4. The molecule has 0 amide bonds. The second-order valence-electron chi connectivity index (χ2n) is 4.33. The monoisotopic (exact) mass is 276 g/mol.